The van der Waals surface area contributed by atoms with Gasteiger partial charge in [0.15, 0.2) is 0 Å². The molecule has 0 atom stereocenters. The first kappa shape index (κ1) is 10.9. The molecule has 0 aromatic heterocycles. The lowest BCUT2D eigenvalue weighted by Gasteiger charge is -2.31. The van der Waals surface area contributed by atoms with E-state index >= 15 is 0 Å². The minimum atomic E-state index is -3.22. The molecule has 0 aromatic carbocycles. The van der Waals surface area contributed by atoms with E-state index in [0.717, 1.165) is 25.7 Å². The predicted octanol–water partition coefficient (Wildman–Crippen LogP) is -0.309. The second-order valence-electron chi connectivity index (χ2n) is 4.30. The number of likely N-dealkylation sites (N-methyl/N-ethyl adjacent to an activating group) is 1. The minimum Gasteiger partial charge on any atom is -0.358 e. The third-order valence-electron chi connectivity index (χ3n) is 3.33. The molecule has 2 aliphatic rings. The Hall–Kier alpha value is -0.620. The monoisotopic (exact) mass is 232 g/mol. The number of rotatable bonds is 2. The lowest BCUT2D eigenvalue weighted by atomic mass is 10.2. The Bertz CT molecular complexity index is 373. The number of hydrogen-bond acceptors (Lipinski definition) is 3. The first-order valence-electron chi connectivity index (χ1n) is 5.22. The Morgan fingerprint density at radius 2 is 2.07 bits per heavy atom. The fourth-order valence-corrected chi connectivity index (χ4v) is 4.38. The molecule has 0 bridgehead atoms. The highest BCUT2D eigenvalue weighted by molar-refractivity contribution is 7.90. The van der Waals surface area contributed by atoms with E-state index in [2.05, 4.69) is 5.32 Å². The van der Waals surface area contributed by atoms with Gasteiger partial charge >= 0.3 is 0 Å². The van der Waals surface area contributed by atoms with Crippen LogP contribution < -0.4 is 5.32 Å². The van der Waals surface area contributed by atoms with Crippen molar-refractivity contribution in [3.05, 3.63) is 0 Å². The smallest absolute Gasteiger partial charge is 0.235 e. The van der Waals surface area contributed by atoms with Gasteiger partial charge in [0, 0.05) is 13.6 Å². The molecule has 2 rings (SSSR count). The van der Waals surface area contributed by atoms with Crippen molar-refractivity contribution in [2.75, 3.05) is 20.1 Å². The first-order valence-corrected chi connectivity index (χ1v) is 6.66. The third-order valence-corrected chi connectivity index (χ3v) is 6.03. The summed E-state index contributed by atoms with van der Waals surface area (Å²) in [5.74, 6) is -0.240. The molecule has 0 radical (unpaired) electrons. The van der Waals surface area contributed by atoms with Crippen molar-refractivity contribution in [3.8, 4) is 0 Å². The highest BCUT2D eigenvalue weighted by Crippen LogP contribution is 2.50. The molecular weight excluding hydrogens is 216 g/mol. The Labute approximate surface area is 89.9 Å². The van der Waals surface area contributed by atoms with Crippen LogP contribution in [0.15, 0.2) is 0 Å². The number of carbonyl (C=O) groups is 1. The minimum absolute atomic E-state index is 0.0272. The van der Waals surface area contributed by atoms with Crippen molar-refractivity contribution in [1.82, 2.24) is 9.62 Å². The van der Waals surface area contributed by atoms with Crippen LogP contribution in [0.5, 0.6) is 0 Å². The SMILES string of the molecule is CNC(=O)CN1CCCC2(CC2)S1(=O)=O. The maximum Gasteiger partial charge on any atom is 0.235 e. The molecular formula is C9H16N2O3S. The predicted molar refractivity (Wildman–Crippen MR) is 55.8 cm³/mol. The molecule has 6 heteroatoms. The van der Waals surface area contributed by atoms with Gasteiger partial charge in [-0.1, -0.05) is 0 Å². The van der Waals surface area contributed by atoms with Crippen LogP contribution in [0.3, 0.4) is 0 Å². The van der Waals surface area contributed by atoms with Crippen LogP contribution in [0.1, 0.15) is 25.7 Å². The number of nitrogens with one attached hydrogen (secondary N) is 1. The first-order chi connectivity index (χ1) is 7.02. The van der Waals surface area contributed by atoms with Crippen molar-refractivity contribution in [1.29, 1.82) is 0 Å². The highest BCUT2D eigenvalue weighted by atomic mass is 32.2. The zero-order valence-electron chi connectivity index (χ0n) is 8.82. The van der Waals surface area contributed by atoms with Crippen LogP contribution in [-0.2, 0) is 14.8 Å². The van der Waals surface area contributed by atoms with Crippen molar-refractivity contribution in [2.24, 2.45) is 0 Å². The van der Waals surface area contributed by atoms with Gasteiger partial charge in [0.1, 0.15) is 0 Å². The highest BCUT2D eigenvalue weighted by Gasteiger charge is 2.58. The Kier molecular flexibility index (Phi) is 2.50. The van der Waals surface area contributed by atoms with Crippen LogP contribution in [0.2, 0.25) is 0 Å². The number of carbonyl (C=O) groups excluding carboxylic acids is 1. The van der Waals surface area contributed by atoms with Gasteiger partial charge in [0.25, 0.3) is 0 Å². The van der Waals surface area contributed by atoms with Gasteiger partial charge in [-0.15, -0.1) is 0 Å². The lowest BCUT2D eigenvalue weighted by Crippen LogP contribution is -2.48. The molecule has 1 saturated heterocycles. The van der Waals surface area contributed by atoms with Crippen molar-refractivity contribution >= 4 is 15.9 Å². The summed E-state index contributed by atoms with van der Waals surface area (Å²) in [6, 6.07) is 0. The maximum absolute atomic E-state index is 12.1. The van der Waals surface area contributed by atoms with Crippen LogP contribution in [0, 0.1) is 0 Å². The molecule has 1 heterocycles. The second-order valence-corrected chi connectivity index (χ2v) is 6.63. The zero-order valence-corrected chi connectivity index (χ0v) is 9.64. The fourth-order valence-electron chi connectivity index (χ4n) is 2.15. The quantitative estimate of drug-likeness (QED) is 0.710. The molecule has 1 aliphatic carbocycles. The van der Waals surface area contributed by atoms with Crippen molar-refractivity contribution in [2.45, 2.75) is 30.4 Å². The van der Waals surface area contributed by atoms with Crippen LogP contribution in [0.25, 0.3) is 0 Å². The number of sulfonamides is 1. The van der Waals surface area contributed by atoms with Crippen molar-refractivity contribution in [3.63, 3.8) is 0 Å². The van der Waals surface area contributed by atoms with E-state index in [1.54, 1.807) is 0 Å². The molecule has 1 aliphatic heterocycles. The van der Waals surface area contributed by atoms with Gasteiger partial charge < -0.3 is 5.32 Å². The molecule has 1 saturated carbocycles. The van der Waals surface area contributed by atoms with E-state index in [1.807, 2.05) is 0 Å². The molecule has 0 aromatic rings. The summed E-state index contributed by atoms with van der Waals surface area (Å²) in [4.78, 5) is 11.2. The summed E-state index contributed by atoms with van der Waals surface area (Å²) in [5, 5.41) is 2.45. The number of hydrogen-bond donors (Lipinski definition) is 1. The third kappa shape index (κ3) is 1.65. The van der Waals surface area contributed by atoms with E-state index in [9.17, 15) is 13.2 Å². The molecule has 1 amide bonds. The summed E-state index contributed by atoms with van der Waals surface area (Å²) in [6.45, 7) is 0.456. The van der Waals surface area contributed by atoms with Gasteiger partial charge in [-0.25, -0.2) is 8.42 Å². The summed E-state index contributed by atoms with van der Waals surface area (Å²) < 4.78 is 25.0. The fraction of sp³-hybridized carbons (Fsp3) is 0.889. The largest absolute Gasteiger partial charge is 0.358 e. The zero-order chi connectivity index (χ0) is 11.1. The van der Waals surface area contributed by atoms with Gasteiger partial charge in [-0.05, 0) is 25.7 Å². The van der Waals surface area contributed by atoms with Crippen molar-refractivity contribution < 1.29 is 13.2 Å². The average Bonchev–Trinajstić information content (AvgIpc) is 2.95. The normalized spacial score (nSPS) is 27.5. The Morgan fingerprint density at radius 1 is 1.40 bits per heavy atom. The topological polar surface area (TPSA) is 66.5 Å². The van der Waals surface area contributed by atoms with Gasteiger partial charge in [0.2, 0.25) is 15.9 Å². The van der Waals surface area contributed by atoms with E-state index in [4.69, 9.17) is 0 Å². The Morgan fingerprint density at radius 3 is 2.60 bits per heavy atom. The van der Waals surface area contributed by atoms with Crippen LogP contribution in [-0.4, -0.2) is 43.5 Å². The average molecular weight is 232 g/mol. The van der Waals surface area contributed by atoms with Gasteiger partial charge in [0.05, 0.1) is 11.3 Å². The molecule has 1 N–H and O–H groups in total. The van der Waals surface area contributed by atoms with Crippen LogP contribution >= 0.6 is 0 Å². The summed E-state index contributed by atoms with van der Waals surface area (Å²) in [5.41, 5.74) is 0. The van der Waals surface area contributed by atoms with E-state index < -0.39 is 14.8 Å². The molecule has 15 heavy (non-hydrogen) atoms. The van der Waals surface area contributed by atoms with Gasteiger partial charge in [-0.3, -0.25) is 4.79 Å². The van der Waals surface area contributed by atoms with E-state index in [0.29, 0.717) is 6.54 Å². The maximum atomic E-state index is 12.1. The summed E-state index contributed by atoms with van der Waals surface area (Å²) in [6.07, 6.45) is 3.16. The number of nitrogens with zero attached hydrogens (tertiary/aromatic N) is 1. The molecule has 86 valence electrons. The van der Waals surface area contributed by atoms with Gasteiger partial charge in [-0.2, -0.15) is 4.31 Å². The standard InChI is InChI=1S/C9H16N2O3S/c1-10-8(12)7-11-6-2-3-9(4-5-9)15(11,13)14/h2-7H2,1H3,(H,10,12). The molecule has 0 unspecified atom stereocenters. The molecule has 5 nitrogen and oxygen atoms in total. The lowest BCUT2D eigenvalue weighted by molar-refractivity contribution is -0.120. The second kappa shape index (κ2) is 3.45. The van der Waals surface area contributed by atoms with E-state index in [-0.39, 0.29) is 12.5 Å². The summed E-state index contributed by atoms with van der Waals surface area (Å²) >= 11 is 0. The molecule has 2 fully saturated rings. The van der Waals surface area contributed by atoms with E-state index in [1.165, 1.54) is 11.4 Å². The van der Waals surface area contributed by atoms with Crippen LogP contribution in [0.4, 0.5) is 0 Å². The Balaban J connectivity index is 2.15. The molecule has 1 spiro atoms. The number of amides is 1. The summed E-state index contributed by atoms with van der Waals surface area (Å²) in [7, 11) is -1.70.